The standard InChI is InChI=1S/C17H14Cl2FN5OS/c1-24(9-13-14(19)3-2-4-15(13)20)16(26)10-27-17-21-22-23-25(17)12-7-5-11(18)6-8-12/h2-8H,9-10H2,1H3. The van der Waals surface area contributed by atoms with Crippen molar-refractivity contribution in [3.63, 3.8) is 0 Å². The molecule has 0 unspecified atom stereocenters. The molecular formula is C17H14Cl2FN5OS. The molecule has 3 rings (SSSR count). The molecule has 140 valence electrons. The van der Waals surface area contributed by atoms with Crippen LogP contribution < -0.4 is 0 Å². The molecule has 1 aromatic heterocycles. The lowest BCUT2D eigenvalue weighted by atomic mass is 10.2. The Bertz CT molecular complexity index is 931. The molecule has 0 aliphatic heterocycles. The molecule has 1 amide bonds. The van der Waals surface area contributed by atoms with Crippen molar-refractivity contribution in [3.8, 4) is 5.69 Å². The van der Waals surface area contributed by atoms with Gasteiger partial charge in [-0.25, -0.2) is 4.39 Å². The maximum atomic E-state index is 13.9. The fourth-order valence-corrected chi connectivity index (χ4v) is 3.44. The fourth-order valence-electron chi connectivity index (χ4n) is 2.26. The zero-order chi connectivity index (χ0) is 19.4. The van der Waals surface area contributed by atoms with Crippen molar-refractivity contribution in [2.24, 2.45) is 0 Å². The summed E-state index contributed by atoms with van der Waals surface area (Å²) in [5.41, 5.74) is 1.01. The van der Waals surface area contributed by atoms with Gasteiger partial charge in [-0.2, -0.15) is 4.68 Å². The molecule has 0 N–H and O–H groups in total. The van der Waals surface area contributed by atoms with Crippen molar-refractivity contribution in [1.82, 2.24) is 25.1 Å². The number of thioether (sulfide) groups is 1. The average molecular weight is 426 g/mol. The molecule has 27 heavy (non-hydrogen) atoms. The molecule has 0 aliphatic rings. The van der Waals surface area contributed by atoms with Gasteiger partial charge in [0.2, 0.25) is 11.1 Å². The van der Waals surface area contributed by atoms with E-state index in [1.54, 1.807) is 37.4 Å². The number of carbonyl (C=O) groups excluding carboxylic acids is 1. The first kappa shape index (κ1) is 19.6. The Morgan fingerprint density at radius 2 is 1.96 bits per heavy atom. The highest BCUT2D eigenvalue weighted by atomic mass is 35.5. The normalized spacial score (nSPS) is 10.8. The van der Waals surface area contributed by atoms with Crippen molar-refractivity contribution in [1.29, 1.82) is 0 Å². The van der Waals surface area contributed by atoms with Crippen LogP contribution in [0.1, 0.15) is 5.56 Å². The minimum Gasteiger partial charge on any atom is -0.341 e. The highest BCUT2D eigenvalue weighted by Gasteiger charge is 2.17. The molecule has 1 heterocycles. The summed E-state index contributed by atoms with van der Waals surface area (Å²) < 4.78 is 15.4. The number of rotatable bonds is 6. The Morgan fingerprint density at radius 1 is 1.22 bits per heavy atom. The molecule has 6 nitrogen and oxygen atoms in total. The topological polar surface area (TPSA) is 63.9 Å². The minimum absolute atomic E-state index is 0.0764. The Hall–Kier alpha value is -2.16. The molecule has 10 heteroatoms. The lowest BCUT2D eigenvalue weighted by Crippen LogP contribution is -2.28. The van der Waals surface area contributed by atoms with Crippen LogP contribution in [0.3, 0.4) is 0 Å². The SMILES string of the molecule is CN(Cc1c(F)cccc1Cl)C(=O)CSc1nnnn1-c1ccc(Cl)cc1. The van der Waals surface area contributed by atoms with E-state index in [1.165, 1.54) is 33.5 Å². The molecule has 2 aromatic carbocycles. The quantitative estimate of drug-likeness (QED) is 0.561. The molecule has 0 atom stereocenters. The number of benzene rings is 2. The predicted octanol–water partition coefficient (Wildman–Crippen LogP) is 3.86. The molecular weight excluding hydrogens is 412 g/mol. The van der Waals surface area contributed by atoms with Crippen LogP contribution in [0.2, 0.25) is 10.0 Å². The van der Waals surface area contributed by atoms with Gasteiger partial charge < -0.3 is 4.90 Å². The van der Waals surface area contributed by atoms with E-state index in [4.69, 9.17) is 23.2 Å². The molecule has 0 bridgehead atoms. The Labute approximate surface area is 169 Å². The third-order valence-electron chi connectivity index (χ3n) is 3.72. The summed E-state index contributed by atoms with van der Waals surface area (Å²) in [6.07, 6.45) is 0. The van der Waals surface area contributed by atoms with Gasteiger partial charge in [0.1, 0.15) is 5.82 Å². The summed E-state index contributed by atoms with van der Waals surface area (Å²) in [5, 5.41) is 12.9. The smallest absolute Gasteiger partial charge is 0.233 e. The van der Waals surface area contributed by atoms with Crippen LogP contribution in [0.15, 0.2) is 47.6 Å². The second-order valence-electron chi connectivity index (χ2n) is 5.59. The van der Waals surface area contributed by atoms with E-state index in [9.17, 15) is 9.18 Å². The highest BCUT2D eigenvalue weighted by molar-refractivity contribution is 7.99. The minimum atomic E-state index is -0.443. The Kier molecular flexibility index (Phi) is 6.30. The molecule has 3 aromatic rings. The summed E-state index contributed by atoms with van der Waals surface area (Å²) >= 11 is 13.1. The lowest BCUT2D eigenvalue weighted by molar-refractivity contribution is -0.127. The number of tetrazole rings is 1. The first-order valence-electron chi connectivity index (χ1n) is 7.79. The number of aromatic nitrogens is 4. The van der Waals surface area contributed by atoms with Gasteiger partial charge in [0, 0.05) is 29.2 Å². The third kappa shape index (κ3) is 4.77. The Morgan fingerprint density at radius 3 is 2.67 bits per heavy atom. The van der Waals surface area contributed by atoms with Crippen LogP contribution in [0.5, 0.6) is 0 Å². The molecule has 0 saturated heterocycles. The number of halogens is 3. The van der Waals surface area contributed by atoms with Crippen LogP contribution in [-0.4, -0.2) is 43.8 Å². The van der Waals surface area contributed by atoms with Crippen LogP contribution in [-0.2, 0) is 11.3 Å². The van der Waals surface area contributed by atoms with Crippen LogP contribution in [0.4, 0.5) is 4.39 Å². The first-order valence-corrected chi connectivity index (χ1v) is 9.54. The monoisotopic (exact) mass is 425 g/mol. The van der Waals surface area contributed by atoms with E-state index in [1.807, 2.05) is 0 Å². The van der Waals surface area contributed by atoms with E-state index in [2.05, 4.69) is 15.5 Å². The van der Waals surface area contributed by atoms with Crippen LogP contribution in [0.25, 0.3) is 5.69 Å². The fraction of sp³-hybridized carbons (Fsp3) is 0.176. The summed E-state index contributed by atoms with van der Waals surface area (Å²) in [6, 6.07) is 11.4. The number of amides is 1. The summed E-state index contributed by atoms with van der Waals surface area (Å²) in [5.74, 6) is -0.553. The molecule has 0 saturated carbocycles. The lowest BCUT2D eigenvalue weighted by Gasteiger charge is -2.18. The van der Waals surface area contributed by atoms with Crippen molar-refractivity contribution < 1.29 is 9.18 Å². The number of hydrogen-bond acceptors (Lipinski definition) is 5. The zero-order valence-corrected chi connectivity index (χ0v) is 16.5. The van der Waals surface area contributed by atoms with Gasteiger partial charge in [-0.3, -0.25) is 4.79 Å². The average Bonchev–Trinajstić information content (AvgIpc) is 3.12. The van der Waals surface area contributed by atoms with E-state index in [0.29, 0.717) is 10.2 Å². The predicted molar refractivity (Wildman–Crippen MR) is 103 cm³/mol. The van der Waals surface area contributed by atoms with Crippen molar-refractivity contribution >= 4 is 40.9 Å². The maximum Gasteiger partial charge on any atom is 0.233 e. The van der Waals surface area contributed by atoms with Gasteiger partial charge in [-0.05, 0) is 46.8 Å². The van der Waals surface area contributed by atoms with Gasteiger partial charge in [-0.15, -0.1) is 5.10 Å². The van der Waals surface area contributed by atoms with Gasteiger partial charge in [0.25, 0.3) is 0 Å². The van der Waals surface area contributed by atoms with Gasteiger partial charge >= 0.3 is 0 Å². The number of nitrogens with zero attached hydrogens (tertiary/aromatic N) is 5. The third-order valence-corrected chi connectivity index (χ3v) is 5.23. The van der Waals surface area contributed by atoms with E-state index < -0.39 is 5.82 Å². The second kappa shape index (κ2) is 8.69. The van der Waals surface area contributed by atoms with Crippen molar-refractivity contribution in [2.45, 2.75) is 11.7 Å². The maximum absolute atomic E-state index is 13.9. The number of carbonyl (C=O) groups is 1. The molecule has 0 fully saturated rings. The molecule has 0 radical (unpaired) electrons. The zero-order valence-electron chi connectivity index (χ0n) is 14.1. The van der Waals surface area contributed by atoms with Gasteiger partial charge in [-0.1, -0.05) is 41.0 Å². The van der Waals surface area contributed by atoms with Crippen molar-refractivity contribution in [2.75, 3.05) is 12.8 Å². The Balaban J connectivity index is 1.64. The van der Waals surface area contributed by atoms with Gasteiger partial charge in [0.05, 0.1) is 11.4 Å². The largest absolute Gasteiger partial charge is 0.341 e. The highest BCUT2D eigenvalue weighted by Crippen LogP contribution is 2.22. The first-order chi connectivity index (χ1) is 13.0. The summed E-state index contributed by atoms with van der Waals surface area (Å²) in [7, 11) is 1.59. The van der Waals surface area contributed by atoms with E-state index >= 15 is 0 Å². The van der Waals surface area contributed by atoms with E-state index in [0.717, 1.165) is 5.69 Å². The van der Waals surface area contributed by atoms with Crippen LogP contribution >= 0.6 is 35.0 Å². The van der Waals surface area contributed by atoms with E-state index in [-0.39, 0.29) is 28.8 Å². The molecule has 0 aliphatic carbocycles. The molecule has 0 spiro atoms. The van der Waals surface area contributed by atoms with Crippen LogP contribution in [0, 0.1) is 5.82 Å². The summed E-state index contributed by atoms with van der Waals surface area (Å²) in [6.45, 7) is 0.0764. The van der Waals surface area contributed by atoms with Gasteiger partial charge in [0.15, 0.2) is 0 Å². The van der Waals surface area contributed by atoms with Crippen molar-refractivity contribution in [3.05, 3.63) is 63.9 Å². The second-order valence-corrected chi connectivity index (χ2v) is 7.37. The summed E-state index contributed by atoms with van der Waals surface area (Å²) in [4.78, 5) is 13.8. The number of hydrogen-bond donors (Lipinski definition) is 0.